The minimum atomic E-state index is -0.768. The molecular weight excluding hydrogens is 997 g/mol. The molecule has 0 aromatic carbocycles. The lowest BCUT2D eigenvalue weighted by Crippen LogP contribution is -2.30. The van der Waals surface area contributed by atoms with E-state index < -0.39 is 6.10 Å². The van der Waals surface area contributed by atoms with E-state index in [4.69, 9.17) is 14.2 Å². The summed E-state index contributed by atoms with van der Waals surface area (Å²) >= 11 is 0. The Morgan fingerprint density at radius 2 is 0.444 bits per heavy atom. The predicted octanol–water partition coefficient (Wildman–Crippen LogP) is 25.1. The number of esters is 3. The molecule has 0 aromatic heterocycles. The molecule has 0 N–H and O–H groups in total. The number of rotatable bonds is 68. The van der Waals surface area contributed by atoms with E-state index in [1.165, 1.54) is 302 Å². The first kappa shape index (κ1) is 78.6. The summed E-state index contributed by atoms with van der Waals surface area (Å²) in [6.45, 7) is 6.65. The lowest BCUT2D eigenvalue weighted by Gasteiger charge is -2.18. The number of hydrogen-bond donors (Lipinski definition) is 0. The Morgan fingerprint density at radius 1 is 0.247 bits per heavy atom. The van der Waals surface area contributed by atoms with Gasteiger partial charge in [-0.15, -0.1) is 0 Å². The molecule has 0 rings (SSSR count). The van der Waals surface area contributed by atoms with Crippen molar-refractivity contribution in [3.63, 3.8) is 0 Å². The molecule has 0 bridgehead atoms. The van der Waals surface area contributed by atoms with E-state index >= 15 is 0 Å². The molecule has 6 nitrogen and oxygen atoms in total. The zero-order chi connectivity index (χ0) is 58.5. The van der Waals surface area contributed by atoms with E-state index in [1.54, 1.807) is 0 Å². The Bertz CT molecular complexity index is 1350. The van der Waals surface area contributed by atoms with Crippen LogP contribution in [0.5, 0.6) is 0 Å². The second-order valence-corrected chi connectivity index (χ2v) is 24.9. The molecule has 0 fully saturated rings. The van der Waals surface area contributed by atoms with Gasteiger partial charge in [-0.25, -0.2) is 0 Å². The zero-order valence-corrected chi connectivity index (χ0v) is 54.8. The summed E-state index contributed by atoms with van der Waals surface area (Å²) in [5.74, 6) is -0.849. The topological polar surface area (TPSA) is 78.9 Å². The van der Waals surface area contributed by atoms with Gasteiger partial charge in [0.05, 0.1) is 0 Å². The van der Waals surface area contributed by atoms with E-state index in [1.807, 2.05) is 0 Å². The summed E-state index contributed by atoms with van der Waals surface area (Å²) in [4.78, 5) is 38.2. The van der Waals surface area contributed by atoms with Crippen molar-refractivity contribution in [1.29, 1.82) is 0 Å². The average molecular weight is 1140 g/mol. The van der Waals surface area contributed by atoms with E-state index in [2.05, 4.69) is 57.2 Å². The van der Waals surface area contributed by atoms with Crippen LogP contribution < -0.4 is 0 Å². The van der Waals surface area contributed by atoms with Crippen LogP contribution >= 0.6 is 0 Å². The van der Waals surface area contributed by atoms with Crippen LogP contribution in [0.15, 0.2) is 36.5 Å². The molecule has 0 aliphatic carbocycles. The van der Waals surface area contributed by atoms with Crippen LogP contribution in [0.1, 0.15) is 406 Å². The molecule has 0 radical (unpaired) electrons. The summed E-state index contributed by atoms with van der Waals surface area (Å²) in [6.07, 6.45) is 88.0. The third-order valence-corrected chi connectivity index (χ3v) is 16.6. The highest BCUT2D eigenvalue weighted by atomic mass is 16.6. The highest BCUT2D eigenvalue weighted by molar-refractivity contribution is 5.71. The summed E-state index contributed by atoms with van der Waals surface area (Å²) in [5.41, 5.74) is 0. The molecule has 0 spiro atoms. The predicted molar refractivity (Wildman–Crippen MR) is 353 cm³/mol. The first-order chi connectivity index (χ1) is 40.0. The minimum Gasteiger partial charge on any atom is -0.462 e. The standard InChI is InChI=1S/C75H140O6/c1-4-7-10-13-16-18-20-22-24-26-28-30-31-32-33-34-35-36-37-38-39-40-41-42-43-45-46-48-50-52-54-56-59-62-65-68-74(77)80-71-72(70-79-73(76)67-64-61-58-15-12-9-6-3)81-75(78)69-66-63-60-57-55-53-51-49-47-44-29-27-25-23-21-19-17-14-11-8-5-2/h20,22,26-29,72H,4-19,21,23-25,30-71H2,1-3H3/b22-20-,28-26-,29-27-. The molecule has 0 heterocycles. The van der Waals surface area contributed by atoms with Crippen molar-refractivity contribution in [3.8, 4) is 0 Å². The molecule has 0 amide bonds. The molecule has 0 saturated carbocycles. The van der Waals surface area contributed by atoms with Crippen LogP contribution in [0.25, 0.3) is 0 Å². The van der Waals surface area contributed by atoms with Gasteiger partial charge in [0.2, 0.25) is 0 Å². The fourth-order valence-corrected chi connectivity index (χ4v) is 11.1. The first-order valence-electron chi connectivity index (χ1n) is 36.5. The number of ether oxygens (including phenoxy) is 3. The number of allylic oxidation sites excluding steroid dienone is 6. The summed E-state index contributed by atoms with van der Waals surface area (Å²) in [5, 5.41) is 0. The Hall–Kier alpha value is -2.37. The van der Waals surface area contributed by atoms with Crippen molar-refractivity contribution in [2.75, 3.05) is 13.2 Å². The molecule has 6 heteroatoms. The van der Waals surface area contributed by atoms with Gasteiger partial charge in [0.1, 0.15) is 13.2 Å². The maximum atomic E-state index is 12.9. The van der Waals surface area contributed by atoms with Crippen LogP contribution in [0, 0.1) is 0 Å². The van der Waals surface area contributed by atoms with Crippen molar-refractivity contribution in [3.05, 3.63) is 36.5 Å². The number of carbonyl (C=O) groups excluding carboxylic acids is 3. The van der Waals surface area contributed by atoms with Crippen molar-refractivity contribution < 1.29 is 28.6 Å². The molecule has 0 aliphatic rings. The number of unbranched alkanes of at least 4 members (excludes halogenated alkanes) is 51. The molecule has 0 aliphatic heterocycles. The summed E-state index contributed by atoms with van der Waals surface area (Å²) in [6, 6.07) is 0. The second-order valence-electron chi connectivity index (χ2n) is 24.9. The van der Waals surface area contributed by atoms with Crippen molar-refractivity contribution >= 4 is 17.9 Å². The molecule has 1 unspecified atom stereocenters. The van der Waals surface area contributed by atoms with Crippen LogP contribution in [0.2, 0.25) is 0 Å². The van der Waals surface area contributed by atoms with E-state index in [9.17, 15) is 14.4 Å². The van der Waals surface area contributed by atoms with Gasteiger partial charge in [0, 0.05) is 19.3 Å². The SMILES string of the molecule is CCCCCCC/C=C\C/C=C\CCCCCCCCCCCCCCCCCCCCCCCCCC(=O)OCC(COC(=O)CCCCCCCCC)OC(=O)CCCCCCCCCCC/C=C\CCCCCCCCCC. The van der Waals surface area contributed by atoms with Gasteiger partial charge in [-0.05, 0) is 77.0 Å². The first-order valence-corrected chi connectivity index (χ1v) is 36.5. The third kappa shape index (κ3) is 68.3. The molecule has 0 saturated heterocycles. The molecular formula is C75H140O6. The fourth-order valence-electron chi connectivity index (χ4n) is 11.1. The normalized spacial score (nSPS) is 12.2. The van der Waals surface area contributed by atoms with E-state index in [0.29, 0.717) is 19.3 Å². The number of carbonyl (C=O) groups is 3. The van der Waals surface area contributed by atoms with Gasteiger partial charge >= 0.3 is 17.9 Å². The average Bonchev–Trinajstić information content (AvgIpc) is 3.47. The van der Waals surface area contributed by atoms with Gasteiger partial charge in [-0.1, -0.05) is 346 Å². The Morgan fingerprint density at radius 3 is 0.691 bits per heavy atom. The second kappa shape index (κ2) is 70.1. The van der Waals surface area contributed by atoms with Crippen LogP contribution in [0.4, 0.5) is 0 Å². The van der Waals surface area contributed by atoms with Crippen molar-refractivity contribution in [1.82, 2.24) is 0 Å². The van der Waals surface area contributed by atoms with E-state index in [0.717, 1.165) is 64.2 Å². The maximum absolute atomic E-state index is 12.9. The molecule has 0 aromatic rings. The molecule has 476 valence electrons. The van der Waals surface area contributed by atoms with E-state index in [-0.39, 0.29) is 31.1 Å². The molecule has 1 atom stereocenters. The largest absolute Gasteiger partial charge is 0.462 e. The maximum Gasteiger partial charge on any atom is 0.306 e. The Kier molecular flexibility index (Phi) is 68.1. The van der Waals surface area contributed by atoms with Gasteiger partial charge < -0.3 is 14.2 Å². The smallest absolute Gasteiger partial charge is 0.306 e. The monoisotopic (exact) mass is 1140 g/mol. The summed E-state index contributed by atoms with van der Waals surface area (Å²) < 4.78 is 16.9. The lowest BCUT2D eigenvalue weighted by atomic mass is 10.0. The Balaban J connectivity index is 3.94. The minimum absolute atomic E-state index is 0.0670. The molecule has 81 heavy (non-hydrogen) atoms. The Labute approximate surface area is 506 Å². The van der Waals surface area contributed by atoms with Crippen molar-refractivity contribution in [2.24, 2.45) is 0 Å². The van der Waals surface area contributed by atoms with Gasteiger partial charge in [0.25, 0.3) is 0 Å². The zero-order valence-electron chi connectivity index (χ0n) is 54.8. The highest BCUT2D eigenvalue weighted by Gasteiger charge is 2.19. The fraction of sp³-hybridized carbons (Fsp3) is 0.880. The van der Waals surface area contributed by atoms with Gasteiger partial charge in [-0.2, -0.15) is 0 Å². The van der Waals surface area contributed by atoms with Crippen LogP contribution in [-0.2, 0) is 28.6 Å². The summed E-state index contributed by atoms with van der Waals surface area (Å²) in [7, 11) is 0. The van der Waals surface area contributed by atoms with Crippen LogP contribution in [-0.4, -0.2) is 37.2 Å². The van der Waals surface area contributed by atoms with Gasteiger partial charge in [-0.3, -0.25) is 14.4 Å². The quantitative estimate of drug-likeness (QED) is 0.0261. The van der Waals surface area contributed by atoms with Crippen molar-refractivity contribution in [2.45, 2.75) is 412 Å². The van der Waals surface area contributed by atoms with Crippen LogP contribution in [0.3, 0.4) is 0 Å². The lowest BCUT2D eigenvalue weighted by molar-refractivity contribution is -0.167. The van der Waals surface area contributed by atoms with Gasteiger partial charge in [0.15, 0.2) is 6.10 Å². The number of hydrogen-bond acceptors (Lipinski definition) is 6. The third-order valence-electron chi connectivity index (χ3n) is 16.6. The highest BCUT2D eigenvalue weighted by Crippen LogP contribution is 2.19.